The lowest BCUT2D eigenvalue weighted by atomic mass is 10.2. The molecule has 2 rings (SSSR count). The summed E-state index contributed by atoms with van der Waals surface area (Å²) in [5.74, 6) is 0.953. The molecule has 1 saturated carbocycles. The van der Waals surface area contributed by atoms with Crippen molar-refractivity contribution >= 4 is 29.9 Å². The third kappa shape index (κ3) is 4.89. The van der Waals surface area contributed by atoms with E-state index >= 15 is 0 Å². The van der Waals surface area contributed by atoms with Crippen LogP contribution in [0.3, 0.4) is 0 Å². The molecule has 1 atom stereocenters. The summed E-state index contributed by atoms with van der Waals surface area (Å²) in [6, 6.07) is 1.24. The summed E-state index contributed by atoms with van der Waals surface area (Å²) < 4.78 is 0. The Labute approximate surface area is 127 Å². The van der Waals surface area contributed by atoms with Gasteiger partial charge in [-0.05, 0) is 26.9 Å². The molecule has 1 aliphatic heterocycles. The van der Waals surface area contributed by atoms with E-state index in [1.54, 1.807) is 0 Å². The van der Waals surface area contributed by atoms with Gasteiger partial charge in [0.15, 0.2) is 5.96 Å². The minimum atomic E-state index is 0. The van der Waals surface area contributed by atoms with Crippen molar-refractivity contribution in [2.75, 3.05) is 47.3 Å². The SMILES string of the molecule is CN=C(NCC1CN(C)CCN1C)NC1CC1.I. The fourth-order valence-corrected chi connectivity index (χ4v) is 2.15. The monoisotopic (exact) mass is 367 g/mol. The van der Waals surface area contributed by atoms with E-state index in [1.807, 2.05) is 7.05 Å². The first-order valence-corrected chi connectivity index (χ1v) is 6.55. The minimum Gasteiger partial charge on any atom is -0.355 e. The Morgan fingerprint density at radius 2 is 2.00 bits per heavy atom. The summed E-state index contributed by atoms with van der Waals surface area (Å²) >= 11 is 0. The van der Waals surface area contributed by atoms with Gasteiger partial charge < -0.3 is 15.5 Å². The second-order valence-electron chi connectivity index (χ2n) is 5.27. The molecule has 1 heterocycles. The number of hydrogen-bond donors (Lipinski definition) is 2. The van der Waals surface area contributed by atoms with Crippen LogP contribution in [0.5, 0.6) is 0 Å². The van der Waals surface area contributed by atoms with Crippen LogP contribution in [0.15, 0.2) is 4.99 Å². The number of nitrogens with one attached hydrogen (secondary N) is 2. The van der Waals surface area contributed by atoms with Crippen molar-refractivity contribution in [3.8, 4) is 0 Å². The zero-order valence-corrected chi connectivity index (χ0v) is 14.0. The normalized spacial score (nSPS) is 26.6. The van der Waals surface area contributed by atoms with Gasteiger partial charge in [0.25, 0.3) is 0 Å². The quantitative estimate of drug-likeness (QED) is 0.424. The third-order valence-corrected chi connectivity index (χ3v) is 3.63. The van der Waals surface area contributed by atoms with Crippen molar-refractivity contribution in [1.29, 1.82) is 0 Å². The molecule has 106 valence electrons. The smallest absolute Gasteiger partial charge is 0.191 e. The summed E-state index contributed by atoms with van der Waals surface area (Å²) in [5.41, 5.74) is 0. The molecule has 1 saturated heterocycles. The van der Waals surface area contributed by atoms with Crippen molar-refractivity contribution in [2.24, 2.45) is 4.99 Å². The number of halogens is 1. The lowest BCUT2D eigenvalue weighted by molar-refractivity contribution is 0.116. The molecule has 2 N–H and O–H groups in total. The Hall–Kier alpha value is -0.0800. The first-order valence-electron chi connectivity index (χ1n) is 6.55. The summed E-state index contributed by atoms with van der Waals surface area (Å²) in [4.78, 5) is 9.08. The number of nitrogens with zero attached hydrogens (tertiary/aromatic N) is 3. The molecule has 6 heteroatoms. The maximum absolute atomic E-state index is 4.26. The zero-order valence-electron chi connectivity index (χ0n) is 11.6. The molecule has 2 aliphatic rings. The second kappa shape index (κ2) is 7.49. The molecule has 0 aromatic heterocycles. The predicted molar refractivity (Wildman–Crippen MR) is 86.8 cm³/mol. The standard InChI is InChI=1S/C12H25N5.HI/c1-13-12(15-10-4-5-10)14-8-11-9-16(2)6-7-17(11)3;/h10-11H,4-9H2,1-3H3,(H2,13,14,15);1H. The van der Waals surface area contributed by atoms with Gasteiger partial charge in [-0.15, -0.1) is 24.0 Å². The Morgan fingerprint density at radius 3 is 2.61 bits per heavy atom. The van der Waals surface area contributed by atoms with Crippen LogP contribution in [-0.2, 0) is 0 Å². The topological polar surface area (TPSA) is 42.9 Å². The molecule has 0 radical (unpaired) electrons. The number of aliphatic imine (C=N–C) groups is 1. The van der Waals surface area contributed by atoms with Crippen LogP contribution >= 0.6 is 24.0 Å². The molecule has 0 amide bonds. The lowest BCUT2D eigenvalue weighted by Gasteiger charge is -2.37. The highest BCUT2D eigenvalue weighted by Crippen LogP contribution is 2.18. The van der Waals surface area contributed by atoms with Crippen LogP contribution in [0.25, 0.3) is 0 Å². The molecule has 1 aliphatic carbocycles. The maximum Gasteiger partial charge on any atom is 0.191 e. The molecular formula is C12H26IN5. The van der Waals surface area contributed by atoms with E-state index < -0.39 is 0 Å². The molecule has 2 fully saturated rings. The molecule has 0 aromatic rings. The molecule has 5 nitrogen and oxygen atoms in total. The Balaban J connectivity index is 0.00000162. The van der Waals surface area contributed by atoms with Crippen LogP contribution in [0.4, 0.5) is 0 Å². The van der Waals surface area contributed by atoms with E-state index in [1.165, 1.54) is 19.4 Å². The Bertz CT molecular complexity index is 280. The fourth-order valence-electron chi connectivity index (χ4n) is 2.15. The van der Waals surface area contributed by atoms with Crippen molar-refractivity contribution < 1.29 is 0 Å². The molecule has 0 bridgehead atoms. The molecule has 0 aromatic carbocycles. The van der Waals surface area contributed by atoms with Gasteiger partial charge in [-0.1, -0.05) is 0 Å². The Kier molecular flexibility index (Phi) is 6.65. The summed E-state index contributed by atoms with van der Waals surface area (Å²) in [6.07, 6.45) is 2.57. The van der Waals surface area contributed by atoms with Crippen LogP contribution in [0.1, 0.15) is 12.8 Å². The van der Waals surface area contributed by atoms with E-state index in [0.29, 0.717) is 12.1 Å². The Morgan fingerprint density at radius 1 is 1.28 bits per heavy atom. The highest BCUT2D eigenvalue weighted by Gasteiger charge is 2.24. The number of rotatable bonds is 3. The van der Waals surface area contributed by atoms with Gasteiger partial charge in [0.2, 0.25) is 0 Å². The van der Waals surface area contributed by atoms with Gasteiger partial charge >= 0.3 is 0 Å². The van der Waals surface area contributed by atoms with Gasteiger partial charge in [-0.2, -0.15) is 0 Å². The van der Waals surface area contributed by atoms with E-state index in [4.69, 9.17) is 0 Å². The van der Waals surface area contributed by atoms with E-state index in [2.05, 4.69) is 39.5 Å². The van der Waals surface area contributed by atoms with Crippen LogP contribution < -0.4 is 10.6 Å². The van der Waals surface area contributed by atoms with Crippen molar-refractivity contribution in [3.05, 3.63) is 0 Å². The molecule has 1 unspecified atom stereocenters. The number of hydrogen-bond acceptors (Lipinski definition) is 3. The fraction of sp³-hybridized carbons (Fsp3) is 0.917. The highest BCUT2D eigenvalue weighted by molar-refractivity contribution is 14.0. The molecule has 0 spiro atoms. The minimum absolute atomic E-state index is 0. The van der Waals surface area contributed by atoms with Crippen molar-refractivity contribution in [3.63, 3.8) is 0 Å². The third-order valence-electron chi connectivity index (χ3n) is 3.63. The predicted octanol–water partition coefficient (Wildman–Crippen LogP) is 0.178. The van der Waals surface area contributed by atoms with Crippen LogP contribution in [-0.4, -0.2) is 75.2 Å². The number of likely N-dealkylation sites (N-methyl/N-ethyl adjacent to an activating group) is 2. The van der Waals surface area contributed by atoms with E-state index in [0.717, 1.165) is 25.6 Å². The average molecular weight is 367 g/mol. The molecule has 18 heavy (non-hydrogen) atoms. The first-order chi connectivity index (χ1) is 8.19. The lowest BCUT2D eigenvalue weighted by Crippen LogP contribution is -2.55. The van der Waals surface area contributed by atoms with E-state index in [9.17, 15) is 0 Å². The van der Waals surface area contributed by atoms with Gasteiger partial charge in [0.1, 0.15) is 0 Å². The van der Waals surface area contributed by atoms with Gasteiger partial charge in [0, 0.05) is 45.3 Å². The summed E-state index contributed by atoms with van der Waals surface area (Å²) in [6.45, 7) is 4.41. The van der Waals surface area contributed by atoms with Crippen molar-refractivity contribution in [2.45, 2.75) is 24.9 Å². The maximum atomic E-state index is 4.26. The van der Waals surface area contributed by atoms with E-state index in [-0.39, 0.29) is 24.0 Å². The molecular weight excluding hydrogens is 341 g/mol. The highest BCUT2D eigenvalue weighted by atomic mass is 127. The zero-order chi connectivity index (χ0) is 12.3. The van der Waals surface area contributed by atoms with Gasteiger partial charge in [-0.3, -0.25) is 9.89 Å². The largest absolute Gasteiger partial charge is 0.355 e. The number of guanidine groups is 1. The van der Waals surface area contributed by atoms with Gasteiger partial charge in [0.05, 0.1) is 0 Å². The van der Waals surface area contributed by atoms with Crippen LogP contribution in [0, 0.1) is 0 Å². The van der Waals surface area contributed by atoms with Gasteiger partial charge in [-0.25, -0.2) is 0 Å². The number of piperazine rings is 1. The van der Waals surface area contributed by atoms with Crippen molar-refractivity contribution in [1.82, 2.24) is 20.4 Å². The summed E-state index contributed by atoms with van der Waals surface area (Å²) in [5, 5.41) is 6.84. The average Bonchev–Trinajstić information content (AvgIpc) is 3.12. The van der Waals surface area contributed by atoms with Crippen LogP contribution in [0.2, 0.25) is 0 Å². The second-order valence-corrected chi connectivity index (χ2v) is 5.27. The summed E-state index contributed by atoms with van der Waals surface area (Å²) in [7, 11) is 6.24. The first kappa shape index (κ1) is 16.0.